The number of nitrogens with two attached hydrogens (primary N) is 1. The van der Waals surface area contributed by atoms with Gasteiger partial charge in [-0.05, 0) is 45.0 Å². The second kappa shape index (κ2) is 7.09. The smallest absolute Gasteiger partial charge is 0.407 e. The number of carbonyl (C=O) groups is 1. The third-order valence-corrected chi connectivity index (χ3v) is 2.39. The third-order valence-electron chi connectivity index (χ3n) is 2.39. The van der Waals surface area contributed by atoms with Crippen LogP contribution in [0, 0.1) is 5.82 Å². The fourth-order valence-electron chi connectivity index (χ4n) is 1.50. The van der Waals surface area contributed by atoms with Crippen LogP contribution in [0.25, 0.3) is 0 Å². The first-order chi connectivity index (χ1) is 9.30. The van der Waals surface area contributed by atoms with Crippen LogP contribution in [0.4, 0.5) is 14.9 Å². The Morgan fingerprint density at radius 3 is 2.45 bits per heavy atom. The molecule has 20 heavy (non-hydrogen) atoms. The molecule has 1 aromatic rings. The molecule has 0 aliphatic carbocycles. The summed E-state index contributed by atoms with van der Waals surface area (Å²) in [6.07, 6.45) is -0.489. The van der Waals surface area contributed by atoms with Crippen LogP contribution in [0.2, 0.25) is 0 Å². The van der Waals surface area contributed by atoms with Gasteiger partial charge in [0.25, 0.3) is 0 Å². The Kier molecular flexibility index (Phi) is 5.76. The lowest BCUT2D eigenvalue weighted by molar-refractivity contribution is 0.0526. The molecule has 1 rings (SSSR count). The van der Waals surface area contributed by atoms with Gasteiger partial charge >= 0.3 is 6.09 Å². The first kappa shape index (κ1) is 16.2. The highest BCUT2D eigenvalue weighted by molar-refractivity contribution is 5.67. The SMILES string of the molecule is CC(C)(C)OC(=O)NCC(CN)Nc1ccc(F)cc1. The summed E-state index contributed by atoms with van der Waals surface area (Å²) in [6, 6.07) is 5.79. The van der Waals surface area contributed by atoms with E-state index in [0.717, 1.165) is 5.69 Å². The van der Waals surface area contributed by atoms with Gasteiger partial charge in [0.2, 0.25) is 0 Å². The number of anilines is 1. The van der Waals surface area contributed by atoms with Crippen molar-refractivity contribution in [3.05, 3.63) is 30.1 Å². The molecule has 0 bridgehead atoms. The van der Waals surface area contributed by atoms with E-state index in [-0.39, 0.29) is 11.9 Å². The van der Waals surface area contributed by atoms with Crippen LogP contribution in [0.3, 0.4) is 0 Å². The Bertz CT molecular complexity index is 429. The van der Waals surface area contributed by atoms with E-state index in [1.807, 2.05) is 0 Å². The summed E-state index contributed by atoms with van der Waals surface area (Å²) in [5.41, 5.74) is 5.84. The predicted molar refractivity (Wildman–Crippen MR) is 77.1 cm³/mol. The van der Waals surface area contributed by atoms with Crippen molar-refractivity contribution in [2.75, 3.05) is 18.4 Å². The minimum atomic E-state index is -0.535. The second-order valence-electron chi connectivity index (χ2n) is 5.47. The van der Waals surface area contributed by atoms with E-state index in [1.54, 1.807) is 32.9 Å². The van der Waals surface area contributed by atoms with Gasteiger partial charge in [-0.3, -0.25) is 0 Å². The Balaban J connectivity index is 2.43. The number of hydrogen-bond donors (Lipinski definition) is 3. The molecule has 1 aromatic carbocycles. The van der Waals surface area contributed by atoms with Crippen molar-refractivity contribution in [2.24, 2.45) is 5.73 Å². The lowest BCUT2D eigenvalue weighted by Crippen LogP contribution is -2.42. The summed E-state index contributed by atoms with van der Waals surface area (Å²) in [5.74, 6) is -0.299. The topological polar surface area (TPSA) is 76.4 Å². The molecular weight excluding hydrogens is 261 g/mol. The Labute approximate surface area is 118 Å². The van der Waals surface area contributed by atoms with Gasteiger partial charge in [0.15, 0.2) is 0 Å². The van der Waals surface area contributed by atoms with Crippen LogP contribution in [0.1, 0.15) is 20.8 Å². The van der Waals surface area contributed by atoms with Crippen molar-refractivity contribution in [3.8, 4) is 0 Å². The van der Waals surface area contributed by atoms with E-state index in [2.05, 4.69) is 10.6 Å². The summed E-state index contributed by atoms with van der Waals surface area (Å²) >= 11 is 0. The van der Waals surface area contributed by atoms with E-state index in [0.29, 0.717) is 13.1 Å². The highest BCUT2D eigenvalue weighted by atomic mass is 19.1. The van der Waals surface area contributed by atoms with Crippen LogP contribution in [0.15, 0.2) is 24.3 Å². The fourth-order valence-corrected chi connectivity index (χ4v) is 1.50. The monoisotopic (exact) mass is 283 g/mol. The maximum Gasteiger partial charge on any atom is 0.407 e. The van der Waals surface area contributed by atoms with Crippen molar-refractivity contribution in [1.82, 2.24) is 5.32 Å². The van der Waals surface area contributed by atoms with Crippen molar-refractivity contribution in [1.29, 1.82) is 0 Å². The average Bonchev–Trinajstić information content (AvgIpc) is 2.34. The Morgan fingerprint density at radius 1 is 1.35 bits per heavy atom. The largest absolute Gasteiger partial charge is 0.444 e. The molecule has 0 aromatic heterocycles. The van der Waals surface area contributed by atoms with E-state index in [9.17, 15) is 9.18 Å². The highest BCUT2D eigenvalue weighted by Gasteiger charge is 2.17. The van der Waals surface area contributed by atoms with E-state index in [1.165, 1.54) is 12.1 Å². The molecule has 6 heteroatoms. The summed E-state index contributed by atoms with van der Waals surface area (Å²) < 4.78 is 17.9. The molecule has 112 valence electrons. The second-order valence-corrected chi connectivity index (χ2v) is 5.47. The van der Waals surface area contributed by atoms with Crippen molar-refractivity contribution in [2.45, 2.75) is 32.4 Å². The van der Waals surface area contributed by atoms with Gasteiger partial charge < -0.3 is 21.1 Å². The molecule has 0 radical (unpaired) electrons. The van der Waals surface area contributed by atoms with Gasteiger partial charge in [0.05, 0.1) is 6.04 Å². The molecule has 1 amide bonds. The van der Waals surface area contributed by atoms with E-state index >= 15 is 0 Å². The summed E-state index contributed by atoms with van der Waals surface area (Å²) in [7, 11) is 0. The Morgan fingerprint density at radius 2 is 1.95 bits per heavy atom. The number of amides is 1. The van der Waals surface area contributed by atoms with E-state index in [4.69, 9.17) is 10.5 Å². The number of benzene rings is 1. The molecule has 0 fully saturated rings. The zero-order valence-corrected chi connectivity index (χ0v) is 12.1. The van der Waals surface area contributed by atoms with Crippen molar-refractivity contribution < 1.29 is 13.9 Å². The van der Waals surface area contributed by atoms with Gasteiger partial charge in [-0.25, -0.2) is 9.18 Å². The number of halogens is 1. The first-order valence-corrected chi connectivity index (χ1v) is 6.49. The standard InChI is InChI=1S/C14H22FN3O2/c1-14(2,3)20-13(19)17-9-12(8-16)18-11-6-4-10(15)5-7-11/h4-7,12,18H,8-9,16H2,1-3H3,(H,17,19). The lowest BCUT2D eigenvalue weighted by atomic mass is 10.2. The molecule has 1 atom stereocenters. The zero-order chi connectivity index (χ0) is 15.2. The molecule has 4 N–H and O–H groups in total. The molecule has 0 spiro atoms. The maximum atomic E-state index is 12.8. The highest BCUT2D eigenvalue weighted by Crippen LogP contribution is 2.09. The third kappa shape index (κ3) is 6.38. The van der Waals surface area contributed by atoms with Crippen LogP contribution in [0.5, 0.6) is 0 Å². The van der Waals surface area contributed by atoms with Gasteiger partial charge in [-0.2, -0.15) is 0 Å². The molecule has 0 saturated carbocycles. The molecule has 1 unspecified atom stereocenters. The zero-order valence-electron chi connectivity index (χ0n) is 12.1. The molecular formula is C14H22FN3O2. The van der Waals surface area contributed by atoms with Crippen LogP contribution in [-0.4, -0.2) is 30.8 Å². The first-order valence-electron chi connectivity index (χ1n) is 6.49. The molecule has 0 aliphatic heterocycles. The van der Waals surface area contributed by atoms with Crippen molar-refractivity contribution in [3.63, 3.8) is 0 Å². The molecule has 0 aliphatic rings. The lowest BCUT2D eigenvalue weighted by Gasteiger charge is -2.22. The van der Waals surface area contributed by atoms with Gasteiger partial charge in [0, 0.05) is 18.8 Å². The fraction of sp³-hybridized carbons (Fsp3) is 0.500. The summed E-state index contributed by atoms with van der Waals surface area (Å²) in [6.45, 7) is 6.03. The number of alkyl carbamates (subject to hydrolysis) is 1. The molecule has 5 nitrogen and oxygen atoms in total. The number of ether oxygens (including phenoxy) is 1. The average molecular weight is 283 g/mol. The van der Waals surface area contributed by atoms with Crippen LogP contribution < -0.4 is 16.4 Å². The quantitative estimate of drug-likeness (QED) is 0.773. The number of rotatable bonds is 5. The summed E-state index contributed by atoms with van der Waals surface area (Å²) in [4.78, 5) is 11.5. The number of hydrogen-bond acceptors (Lipinski definition) is 4. The number of nitrogens with one attached hydrogen (secondary N) is 2. The molecule has 0 saturated heterocycles. The van der Waals surface area contributed by atoms with E-state index < -0.39 is 11.7 Å². The maximum absolute atomic E-state index is 12.8. The Hall–Kier alpha value is -1.82. The van der Waals surface area contributed by atoms with Crippen molar-refractivity contribution >= 4 is 11.8 Å². The van der Waals surface area contributed by atoms with Gasteiger partial charge in [-0.15, -0.1) is 0 Å². The van der Waals surface area contributed by atoms with Crippen LogP contribution >= 0.6 is 0 Å². The van der Waals surface area contributed by atoms with Crippen LogP contribution in [-0.2, 0) is 4.74 Å². The predicted octanol–water partition coefficient (Wildman–Crippen LogP) is 2.09. The minimum Gasteiger partial charge on any atom is -0.444 e. The minimum absolute atomic E-state index is 0.159. The molecule has 0 heterocycles. The normalized spacial score (nSPS) is 12.7. The number of carbonyl (C=O) groups excluding carboxylic acids is 1. The van der Waals surface area contributed by atoms with Gasteiger partial charge in [0.1, 0.15) is 11.4 Å². The van der Waals surface area contributed by atoms with Gasteiger partial charge in [-0.1, -0.05) is 0 Å². The summed E-state index contributed by atoms with van der Waals surface area (Å²) in [5, 5.41) is 5.76.